The van der Waals surface area contributed by atoms with Crippen LogP contribution in [0.15, 0.2) is 98.1 Å². The van der Waals surface area contributed by atoms with E-state index in [1.165, 1.54) is 19.6 Å². The lowest BCUT2D eigenvalue weighted by Crippen LogP contribution is -2.17. The average Bonchev–Trinajstić information content (AvgIpc) is 3.90. The van der Waals surface area contributed by atoms with Crippen molar-refractivity contribution >= 4 is 60.8 Å². The molecule has 0 atom stereocenters. The fraction of sp³-hybridized carbons (Fsp3) is 0.350. The van der Waals surface area contributed by atoms with Crippen LogP contribution in [0, 0.1) is 0 Å². The zero-order valence-corrected chi connectivity index (χ0v) is 32.3. The fourth-order valence-electron chi connectivity index (χ4n) is 3.87. The topological polar surface area (TPSA) is 179 Å². The Morgan fingerprint density at radius 1 is 0.750 bits per heavy atom. The second-order valence-electron chi connectivity index (χ2n) is 10.2. The maximum Gasteiger partial charge on any atom is 0.333 e. The zero-order valence-electron chi connectivity index (χ0n) is 32.7. The maximum absolute atomic E-state index is 11.6. The largest absolute Gasteiger partial charge is 0.428 e. The van der Waals surface area contributed by atoms with E-state index in [-0.39, 0.29) is 65.8 Å². The predicted octanol–water partition coefficient (Wildman–Crippen LogP) is 6.71. The van der Waals surface area contributed by atoms with Crippen molar-refractivity contribution in [1.29, 1.82) is 0 Å². The van der Waals surface area contributed by atoms with E-state index >= 15 is 0 Å². The van der Waals surface area contributed by atoms with E-state index in [0.717, 1.165) is 35.3 Å². The molecule has 0 amide bonds. The molecule has 0 saturated heterocycles. The molecule has 0 spiro atoms. The molecule has 4 rings (SSSR count). The highest BCUT2D eigenvalue weighted by Gasteiger charge is 2.05. The monoisotopic (exact) mass is 825 g/mol. The first kappa shape index (κ1) is 52.8. The molecule has 56 heavy (non-hydrogen) atoms. The second kappa shape index (κ2) is 35.4. The van der Waals surface area contributed by atoms with Gasteiger partial charge in [0, 0.05) is 65.9 Å². The number of rotatable bonds is 17. The number of imidazole rings is 2. The molecule has 4 aromatic rings. The van der Waals surface area contributed by atoms with Crippen LogP contribution in [0.4, 0.5) is 0 Å². The summed E-state index contributed by atoms with van der Waals surface area (Å²) in [7, 11) is 2.99. The molecule has 0 aliphatic rings. The van der Waals surface area contributed by atoms with Gasteiger partial charge in [0.05, 0.1) is 25.5 Å². The quantitative estimate of drug-likeness (QED) is 0.0654. The third-order valence-corrected chi connectivity index (χ3v) is 6.40. The summed E-state index contributed by atoms with van der Waals surface area (Å²) >= 11 is 0. The molecule has 312 valence electrons. The maximum atomic E-state index is 11.6. The third-order valence-electron chi connectivity index (χ3n) is 6.40. The molecule has 0 unspecified atom stereocenters. The van der Waals surface area contributed by atoms with Gasteiger partial charge in [0.2, 0.25) is 13.6 Å². The van der Waals surface area contributed by atoms with E-state index in [1.54, 1.807) is 51.2 Å². The number of esters is 4. The average molecular weight is 827 g/mol. The van der Waals surface area contributed by atoms with Gasteiger partial charge in [-0.2, -0.15) is 0 Å². The Morgan fingerprint density at radius 2 is 1.14 bits per heavy atom. The summed E-state index contributed by atoms with van der Waals surface area (Å²) in [5.41, 5.74) is 9.19. The lowest BCUT2D eigenvalue weighted by Gasteiger charge is -2.04. The van der Waals surface area contributed by atoms with Crippen LogP contribution in [0.25, 0.3) is 12.2 Å². The number of hydrogen-bond acceptors (Lipinski definition) is 12. The van der Waals surface area contributed by atoms with E-state index in [1.807, 2.05) is 70.1 Å². The number of benzene rings is 2. The van der Waals surface area contributed by atoms with Crippen molar-refractivity contribution in [1.82, 2.24) is 24.4 Å². The summed E-state index contributed by atoms with van der Waals surface area (Å²) in [4.78, 5) is 53.3. The number of nitrogens with one attached hydrogen (secondary N) is 1. The Hall–Kier alpha value is -5.28. The van der Waals surface area contributed by atoms with Gasteiger partial charge in [0.25, 0.3) is 0 Å². The molecule has 2 heterocycles. The summed E-state index contributed by atoms with van der Waals surface area (Å²) < 4.78 is 34.9. The Kier molecular flexibility index (Phi) is 33.4. The molecular formula is C40H60Cl2N6O8. The van der Waals surface area contributed by atoms with E-state index in [2.05, 4.69) is 20.0 Å². The number of carbonyl (C=O) groups excluding carboxylic acids is 4. The minimum atomic E-state index is -0.585. The van der Waals surface area contributed by atoms with Crippen LogP contribution in [-0.4, -0.2) is 76.7 Å². The summed E-state index contributed by atoms with van der Waals surface area (Å²) in [5.74, 6) is -2.07. The van der Waals surface area contributed by atoms with Crippen molar-refractivity contribution in [3.8, 4) is 0 Å². The Labute approximate surface area is 347 Å². The number of hydrogen-bond donors (Lipinski definition) is 2. The Balaban J connectivity index is -0.000000426. The number of aromatic nitrogens is 4. The van der Waals surface area contributed by atoms with Crippen LogP contribution < -0.4 is 11.1 Å². The van der Waals surface area contributed by atoms with Gasteiger partial charge >= 0.3 is 23.9 Å². The van der Waals surface area contributed by atoms with E-state index < -0.39 is 30.7 Å². The van der Waals surface area contributed by atoms with Crippen LogP contribution in [0.5, 0.6) is 0 Å². The van der Waals surface area contributed by atoms with Crippen molar-refractivity contribution in [3.63, 3.8) is 0 Å². The molecule has 3 N–H and O–H groups in total. The summed E-state index contributed by atoms with van der Waals surface area (Å²) in [6, 6.07) is 15.5. The molecule has 0 saturated carbocycles. The van der Waals surface area contributed by atoms with Crippen molar-refractivity contribution in [2.45, 2.75) is 62.0 Å². The van der Waals surface area contributed by atoms with Crippen LogP contribution in [-0.2, 0) is 51.2 Å². The summed E-state index contributed by atoms with van der Waals surface area (Å²) in [6.45, 7) is 3.69. The van der Waals surface area contributed by atoms with Crippen LogP contribution in [0.2, 0.25) is 0 Å². The Bertz CT molecular complexity index is 1660. The minimum absolute atomic E-state index is 0. The van der Waals surface area contributed by atoms with Gasteiger partial charge in [-0.1, -0.05) is 84.6 Å². The van der Waals surface area contributed by atoms with Gasteiger partial charge in [-0.15, -0.1) is 24.8 Å². The second-order valence-corrected chi connectivity index (χ2v) is 10.2. The molecular weight excluding hydrogens is 763 g/mol. The van der Waals surface area contributed by atoms with Crippen LogP contribution >= 0.6 is 24.8 Å². The lowest BCUT2D eigenvalue weighted by molar-refractivity contribution is -0.165. The first-order valence-corrected chi connectivity index (χ1v) is 16.0. The molecule has 0 aliphatic heterocycles. The van der Waals surface area contributed by atoms with Crippen molar-refractivity contribution in [3.05, 3.63) is 120 Å². The first-order chi connectivity index (χ1) is 26.3. The summed E-state index contributed by atoms with van der Waals surface area (Å²) in [6.07, 6.45) is 17.0. The summed E-state index contributed by atoms with van der Waals surface area (Å²) in [5, 5.41) is 2.83. The van der Waals surface area contributed by atoms with Crippen molar-refractivity contribution < 1.29 is 40.9 Å². The van der Waals surface area contributed by atoms with Gasteiger partial charge in [0.15, 0.2) is 0 Å². The molecule has 0 aliphatic carbocycles. The highest BCUT2D eigenvalue weighted by atomic mass is 35.5. The molecule has 2 aromatic heterocycles. The van der Waals surface area contributed by atoms with Gasteiger partial charge < -0.3 is 39.1 Å². The number of ether oxygens (including phenoxy) is 4. The normalized spacial score (nSPS) is 9.86. The lowest BCUT2D eigenvalue weighted by atomic mass is 10.1. The van der Waals surface area contributed by atoms with Crippen LogP contribution in [0.1, 0.15) is 73.9 Å². The molecule has 14 nitrogen and oxygen atoms in total. The number of carbonyl (C=O) groups is 4. The predicted molar refractivity (Wildman–Crippen MR) is 226 cm³/mol. The molecule has 0 bridgehead atoms. The van der Waals surface area contributed by atoms with Gasteiger partial charge in [0.1, 0.15) is 0 Å². The first-order valence-electron chi connectivity index (χ1n) is 17.7. The molecule has 0 radical (unpaired) electrons. The van der Waals surface area contributed by atoms with E-state index in [4.69, 9.17) is 22.7 Å². The number of nitrogens with zero attached hydrogens (tertiary/aromatic N) is 4. The number of halogens is 2. The smallest absolute Gasteiger partial charge is 0.333 e. The fourth-order valence-corrected chi connectivity index (χ4v) is 3.87. The standard InChI is InChI=1S/C18H21N3O4.C17H19N3O4.C2H6.3CH4.2ClH/c1-19-9-8-18(23)25-14-24-17(22)7-6-15-2-4-16(5-3-15)12-21-11-10-20-13-21;18-8-7-17(22)24-13-23-16(21)6-5-14-1-3-15(4-2-14)11-20-10-9-19-12-20;1-2;;;;;/h2-7,10-11,13,19H,8-9,12,14H2,1H3;1-6,9-10,12H,7-8,11,13,18H2;1-2H3;3*1H4;2*1H/b7-6+;6-5+;;;;;;/i;;1D;1T;;;;. The minimum Gasteiger partial charge on any atom is -0.428 e. The molecule has 0 fully saturated rings. The van der Waals surface area contributed by atoms with Crippen LogP contribution in [0.3, 0.4) is 0 Å². The zero-order chi connectivity index (χ0) is 39.8. The molecule has 16 heteroatoms. The highest BCUT2D eigenvalue weighted by molar-refractivity contribution is 5.87. The third kappa shape index (κ3) is 25.7. The van der Waals surface area contributed by atoms with Crippen molar-refractivity contribution in [2.24, 2.45) is 5.73 Å². The van der Waals surface area contributed by atoms with Crippen molar-refractivity contribution in [2.75, 3.05) is 33.7 Å². The highest BCUT2D eigenvalue weighted by Crippen LogP contribution is 2.09. The molecule has 2 aromatic carbocycles. The Morgan fingerprint density at radius 3 is 1.48 bits per heavy atom. The van der Waals surface area contributed by atoms with Gasteiger partial charge in [-0.25, -0.2) is 19.6 Å². The van der Waals surface area contributed by atoms with Gasteiger partial charge in [-0.05, 0) is 41.5 Å². The SMILES string of the molecule is C.C.CNCCC(=O)OCOC(=O)/C=C/c1ccc(Cn2ccnc2)cc1.Cl.Cl.NCCC(=O)OCOC(=O)/C=C/c1ccc(Cn2ccnc2)cc1.[2H]CC.[3H]C. The van der Waals surface area contributed by atoms with Gasteiger partial charge in [-0.3, -0.25) is 9.59 Å². The van der Waals surface area contributed by atoms with E-state index in [9.17, 15) is 19.2 Å². The van der Waals surface area contributed by atoms with E-state index in [0.29, 0.717) is 13.4 Å². The number of nitrogens with two attached hydrogens (primary N) is 1.